The summed E-state index contributed by atoms with van der Waals surface area (Å²) in [5.41, 5.74) is 2.99. The molecule has 0 unspecified atom stereocenters. The van der Waals surface area contributed by atoms with Crippen LogP contribution in [-0.4, -0.2) is 55.4 Å². The molecule has 0 spiro atoms. The van der Waals surface area contributed by atoms with Crippen molar-refractivity contribution >= 4 is 17.5 Å². The lowest BCUT2D eigenvalue weighted by molar-refractivity contribution is -0.121. The largest absolute Gasteiger partial charge is 0.354 e. The molecule has 4 heterocycles. The van der Waals surface area contributed by atoms with Crippen molar-refractivity contribution in [3.05, 3.63) is 63.5 Å². The summed E-state index contributed by atoms with van der Waals surface area (Å²) < 4.78 is 1.45. The van der Waals surface area contributed by atoms with E-state index in [1.165, 1.54) is 4.52 Å². The number of aromatic nitrogens is 4. The Labute approximate surface area is 185 Å². The molecule has 168 valence electrons. The molecule has 1 fully saturated rings. The van der Waals surface area contributed by atoms with Crippen LogP contribution in [0.3, 0.4) is 0 Å². The van der Waals surface area contributed by atoms with E-state index in [4.69, 9.17) is 0 Å². The summed E-state index contributed by atoms with van der Waals surface area (Å²) in [4.78, 5) is 48.2. The predicted molar refractivity (Wildman–Crippen MR) is 120 cm³/mol. The van der Waals surface area contributed by atoms with Crippen LogP contribution in [0.5, 0.6) is 0 Å². The fourth-order valence-electron chi connectivity index (χ4n) is 4.19. The highest BCUT2D eigenvalue weighted by molar-refractivity contribution is 5.94. The zero-order valence-corrected chi connectivity index (χ0v) is 18.6. The first-order valence-corrected chi connectivity index (χ1v) is 10.9. The number of pyridine rings is 1. The first-order valence-electron chi connectivity index (χ1n) is 10.9. The molecule has 0 aliphatic carbocycles. The second-order valence-corrected chi connectivity index (χ2v) is 8.59. The van der Waals surface area contributed by atoms with Crippen LogP contribution < -0.4 is 10.9 Å². The lowest BCUT2D eigenvalue weighted by Gasteiger charge is -2.15. The van der Waals surface area contributed by atoms with Gasteiger partial charge in [-0.3, -0.25) is 24.5 Å². The van der Waals surface area contributed by atoms with Gasteiger partial charge in [0.05, 0.1) is 5.56 Å². The zero-order valence-electron chi connectivity index (χ0n) is 18.6. The average Bonchev–Trinajstić information content (AvgIpc) is 3.40. The molecule has 9 heteroatoms. The number of fused-ring (bicyclic) bond motifs is 1. The molecule has 2 N–H and O–H groups in total. The molecule has 1 aliphatic rings. The molecule has 1 atom stereocenters. The first kappa shape index (κ1) is 21.7. The Morgan fingerprint density at radius 1 is 1.34 bits per heavy atom. The van der Waals surface area contributed by atoms with Gasteiger partial charge in [-0.2, -0.15) is 0 Å². The minimum absolute atomic E-state index is 0.0372. The molecular formula is C23H28N6O3. The molecule has 0 bridgehead atoms. The van der Waals surface area contributed by atoms with Crippen LogP contribution in [0.1, 0.15) is 59.9 Å². The minimum Gasteiger partial charge on any atom is -0.354 e. The Morgan fingerprint density at radius 3 is 2.88 bits per heavy atom. The van der Waals surface area contributed by atoms with Crippen LogP contribution in [0, 0.1) is 6.92 Å². The van der Waals surface area contributed by atoms with E-state index in [9.17, 15) is 14.4 Å². The fraction of sp³-hybridized carbons (Fsp3) is 0.435. The Kier molecular flexibility index (Phi) is 6.07. The van der Waals surface area contributed by atoms with E-state index >= 15 is 0 Å². The predicted octanol–water partition coefficient (Wildman–Crippen LogP) is 1.81. The number of likely N-dealkylation sites (tertiary alicyclic amines) is 1. The highest BCUT2D eigenvalue weighted by Gasteiger charge is 2.29. The minimum atomic E-state index is -0.183. The molecule has 0 aromatic carbocycles. The standard InChI is InChI=1S/C23H28N6O3/c1-14(2)25-21(30)7-6-18-15(3)26-20-11-19(27-29(20)23(18)32)17-8-10-28(13-17)22(31)16-5-4-9-24-12-16/h4-5,9,11-12,14,17,27H,6-8,10,13H2,1-3H3,(H,25,30)/t17-/m0/s1. The topological polar surface area (TPSA) is 112 Å². The fourth-order valence-corrected chi connectivity index (χ4v) is 4.19. The number of amides is 2. The molecule has 9 nitrogen and oxygen atoms in total. The number of H-pyrrole nitrogens is 1. The Hall–Kier alpha value is -3.49. The molecule has 0 saturated carbocycles. The zero-order chi connectivity index (χ0) is 22.8. The molecular weight excluding hydrogens is 408 g/mol. The van der Waals surface area contributed by atoms with Crippen LogP contribution in [0.2, 0.25) is 0 Å². The molecule has 32 heavy (non-hydrogen) atoms. The third-order valence-electron chi connectivity index (χ3n) is 5.81. The smallest absolute Gasteiger partial charge is 0.276 e. The van der Waals surface area contributed by atoms with Crippen molar-refractivity contribution in [3.8, 4) is 0 Å². The van der Waals surface area contributed by atoms with Crippen molar-refractivity contribution in [3.63, 3.8) is 0 Å². The number of aryl methyl sites for hydroxylation is 1. The van der Waals surface area contributed by atoms with Gasteiger partial charge in [-0.15, -0.1) is 0 Å². The monoisotopic (exact) mass is 436 g/mol. The number of nitrogens with zero attached hydrogens (tertiary/aromatic N) is 4. The van der Waals surface area contributed by atoms with Crippen molar-refractivity contribution in [1.29, 1.82) is 0 Å². The third-order valence-corrected chi connectivity index (χ3v) is 5.81. The van der Waals surface area contributed by atoms with Crippen LogP contribution in [0.15, 0.2) is 35.4 Å². The van der Waals surface area contributed by atoms with E-state index < -0.39 is 0 Å². The average molecular weight is 437 g/mol. The summed E-state index contributed by atoms with van der Waals surface area (Å²) in [6.07, 6.45) is 4.60. The summed E-state index contributed by atoms with van der Waals surface area (Å²) in [6, 6.07) is 5.46. The number of hydrogen-bond donors (Lipinski definition) is 2. The Balaban J connectivity index is 1.51. The summed E-state index contributed by atoms with van der Waals surface area (Å²) in [7, 11) is 0. The highest BCUT2D eigenvalue weighted by Crippen LogP contribution is 2.27. The number of hydrogen-bond acceptors (Lipinski definition) is 5. The lowest BCUT2D eigenvalue weighted by Crippen LogP contribution is -2.31. The number of carbonyl (C=O) groups excluding carboxylic acids is 2. The van der Waals surface area contributed by atoms with Gasteiger partial charge in [0.1, 0.15) is 0 Å². The Bertz CT molecular complexity index is 1200. The first-order chi connectivity index (χ1) is 15.3. The molecule has 1 aliphatic heterocycles. The number of nitrogens with one attached hydrogen (secondary N) is 2. The summed E-state index contributed by atoms with van der Waals surface area (Å²) in [5, 5.41) is 6.03. The van der Waals surface area contributed by atoms with Gasteiger partial charge in [0.25, 0.3) is 11.5 Å². The van der Waals surface area contributed by atoms with E-state index in [0.717, 1.165) is 12.1 Å². The molecule has 3 aromatic rings. The van der Waals surface area contributed by atoms with Crippen molar-refractivity contribution in [2.75, 3.05) is 13.1 Å². The molecule has 2 amide bonds. The Morgan fingerprint density at radius 2 is 2.16 bits per heavy atom. The maximum absolute atomic E-state index is 13.1. The second-order valence-electron chi connectivity index (χ2n) is 8.59. The quantitative estimate of drug-likeness (QED) is 0.612. The SMILES string of the molecule is Cc1nc2cc([C@H]3CCN(C(=O)c4cccnc4)C3)[nH]n2c(=O)c1CCC(=O)NC(C)C. The molecule has 1 saturated heterocycles. The normalized spacial score (nSPS) is 16.1. The van der Waals surface area contributed by atoms with Crippen molar-refractivity contribution in [1.82, 2.24) is 29.8 Å². The van der Waals surface area contributed by atoms with Gasteiger partial charge < -0.3 is 10.2 Å². The van der Waals surface area contributed by atoms with E-state index in [1.54, 1.807) is 31.5 Å². The second kappa shape index (κ2) is 8.94. The van der Waals surface area contributed by atoms with Crippen LogP contribution in [0.25, 0.3) is 5.65 Å². The molecule has 0 radical (unpaired) electrons. The van der Waals surface area contributed by atoms with Gasteiger partial charge in [-0.25, -0.2) is 9.50 Å². The van der Waals surface area contributed by atoms with Crippen LogP contribution >= 0.6 is 0 Å². The summed E-state index contributed by atoms with van der Waals surface area (Å²) in [6.45, 7) is 6.82. The number of carbonyl (C=O) groups is 2. The molecule has 4 rings (SSSR count). The number of rotatable bonds is 6. The van der Waals surface area contributed by atoms with Gasteiger partial charge in [-0.05, 0) is 45.7 Å². The van der Waals surface area contributed by atoms with Crippen LogP contribution in [0.4, 0.5) is 0 Å². The maximum atomic E-state index is 13.1. The van der Waals surface area contributed by atoms with Gasteiger partial charge >= 0.3 is 0 Å². The van der Waals surface area contributed by atoms with Crippen LogP contribution in [-0.2, 0) is 11.2 Å². The summed E-state index contributed by atoms with van der Waals surface area (Å²) >= 11 is 0. The van der Waals surface area contributed by atoms with E-state index in [0.29, 0.717) is 42.0 Å². The molecule has 3 aromatic heterocycles. The third kappa shape index (κ3) is 4.42. The van der Waals surface area contributed by atoms with Crippen molar-refractivity contribution < 1.29 is 9.59 Å². The van der Waals surface area contributed by atoms with E-state index in [1.807, 2.05) is 24.8 Å². The lowest BCUT2D eigenvalue weighted by atomic mass is 10.1. The van der Waals surface area contributed by atoms with Crippen molar-refractivity contribution in [2.24, 2.45) is 0 Å². The number of aromatic amines is 1. The van der Waals surface area contributed by atoms with Gasteiger partial charge in [0, 0.05) is 66.9 Å². The van der Waals surface area contributed by atoms with Gasteiger partial charge in [0.2, 0.25) is 5.91 Å². The highest BCUT2D eigenvalue weighted by atomic mass is 16.2. The van der Waals surface area contributed by atoms with Crippen molar-refractivity contribution in [2.45, 2.75) is 52.0 Å². The van der Waals surface area contributed by atoms with Gasteiger partial charge in [0.15, 0.2) is 5.65 Å². The van der Waals surface area contributed by atoms with Gasteiger partial charge in [-0.1, -0.05) is 0 Å². The maximum Gasteiger partial charge on any atom is 0.276 e. The van der Waals surface area contributed by atoms with E-state index in [-0.39, 0.29) is 35.8 Å². The van der Waals surface area contributed by atoms with E-state index in [2.05, 4.69) is 20.4 Å². The summed E-state index contributed by atoms with van der Waals surface area (Å²) in [5.74, 6) is -0.0255.